The second-order valence-corrected chi connectivity index (χ2v) is 10.0. The molecule has 2 saturated heterocycles. The third-order valence-electron chi connectivity index (χ3n) is 7.64. The highest BCUT2D eigenvalue weighted by molar-refractivity contribution is 5.91. The van der Waals surface area contributed by atoms with Crippen LogP contribution >= 0.6 is 0 Å². The molecule has 10 heteroatoms. The Balaban J connectivity index is 1.19. The SMILES string of the molecule is CCn1ncc2c(NC3CCOCC3)c(CN3CCC(c4nc(-c5cccnc5)no4)CC3)c(C)nc21. The first-order valence-electron chi connectivity index (χ1n) is 13.3. The van der Waals surface area contributed by atoms with Crippen LogP contribution in [0.2, 0.25) is 0 Å². The highest BCUT2D eigenvalue weighted by atomic mass is 16.5. The summed E-state index contributed by atoms with van der Waals surface area (Å²) < 4.78 is 13.2. The maximum atomic E-state index is 5.65. The van der Waals surface area contributed by atoms with E-state index in [1.807, 2.05) is 23.0 Å². The van der Waals surface area contributed by atoms with E-state index in [0.717, 1.165) is 93.3 Å². The minimum atomic E-state index is 0.276. The Morgan fingerprint density at radius 1 is 1.08 bits per heavy atom. The zero-order chi connectivity index (χ0) is 25.2. The normalized spacial score (nSPS) is 18.0. The summed E-state index contributed by atoms with van der Waals surface area (Å²) in [4.78, 5) is 16.3. The van der Waals surface area contributed by atoms with Gasteiger partial charge in [0.05, 0.1) is 17.3 Å². The molecule has 4 aromatic rings. The van der Waals surface area contributed by atoms with Gasteiger partial charge in [-0.05, 0) is 64.8 Å². The van der Waals surface area contributed by atoms with Crippen LogP contribution in [0.15, 0.2) is 35.2 Å². The van der Waals surface area contributed by atoms with Crippen molar-refractivity contribution < 1.29 is 9.26 Å². The molecule has 37 heavy (non-hydrogen) atoms. The maximum Gasteiger partial charge on any atom is 0.230 e. The number of aryl methyl sites for hydroxylation is 2. The van der Waals surface area contributed by atoms with Crippen molar-refractivity contribution in [3.63, 3.8) is 0 Å². The van der Waals surface area contributed by atoms with E-state index in [-0.39, 0.29) is 5.92 Å². The standard InChI is InChI=1S/C27H34N8O2/c1-3-35-26-22(16-29-35)24(31-21-8-13-36-14-9-21)23(18(2)30-26)17-34-11-6-19(7-12-34)27-32-25(33-37-27)20-5-4-10-28-15-20/h4-5,10,15-16,19,21H,3,6-9,11-14,17H2,1-2H3,(H,30,31). The molecule has 1 N–H and O–H groups in total. The second-order valence-electron chi connectivity index (χ2n) is 10.0. The molecule has 0 atom stereocenters. The number of ether oxygens (including phenoxy) is 1. The molecule has 2 aliphatic heterocycles. The molecule has 10 nitrogen and oxygen atoms in total. The van der Waals surface area contributed by atoms with Crippen molar-refractivity contribution in [1.82, 2.24) is 34.8 Å². The van der Waals surface area contributed by atoms with E-state index in [4.69, 9.17) is 14.2 Å². The van der Waals surface area contributed by atoms with Crippen molar-refractivity contribution in [2.75, 3.05) is 31.6 Å². The summed E-state index contributed by atoms with van der Waals surface area (Å²) in [7, 11) is 0. The van der Waals surface area contributed by atoms with E-state index in [2.05, 4.69) is 44.3 Å². The van der Waals surface area contributed by atoms with Crippen molar-refractivity contribution in [2.24, 2.45) is 0 Å². The number of likely N-dealkylation sites (tertiary alicyclic amines) is 1. The van der Waals surface area contributed by atoms with Crippen LogP contribution in [0.25, 0.3) is 22.4 Å². The second kappa shape index (κ2) is 10.5. The highest BCUT2D eigenvalue weighted by Gasteiger charge is 2.28. The van der Waals surface area contributed by atoms with Gasteiger partial charge in [-0.15, -0.1) is 0 Å². The van der Waals surface area contributed by atoms with Gasteiger partial charge in [0, 0.05) is 67.5 Å². The number of nitrogens with one attached hydrogen (secondary N) is 1. The van der Waals surface area contributed by atoms with E-state index < -0.39 is 0 Å². The highest BCUT2D eigenvalue weighted by Crippen LogP contribution is 2.34. The number of rotatable bonds is 7. The predicted molar refractivity (Wildman–Crippen MR) is 140 cm³/mol. The van der Waals surface area contributed by atoms with Gasteiger partial charge in [0.25, 0.3) is 0 Å². The molecule has 0 saturated carbocycles. The molecule has 0 aliphatic carbocycles. The van der Waals surface area contributed by atoms with E-state index in [1.54, 1.807) is 12.4 Å². The van der Waals surface area contributed by atoms with Gasteiger partial charge in [-0.2, -0.15) is 10.1 Å². The smallest absolute Gasteiger partial charge is 0.230 e. The Hall–Kier alpha value is -3.37. The average molecular weight is 503 g/mol. The predicted octanol–water partition coefficient (Wildman–Crippen LogP) is 4.18. The molecule has 0 radical (unpaired) electrons. The van der Waals surface area contributed by atoms with Crippen molar-refractivity contribution in [2.45, 2.75) is 64.6 Å². The summed E-state index contributed by atoms with van der Waals surface area (Å²) in [6, 6.07) is 4.24. The van der Waals surface area contributed by atoms with Gasteiger partial charge >= 0.3 is 0 Å². The molecular formula is C27H34N8O2. The molecule has 6 heterocycles. The number of aromatic nitrogens is 6. The van der Waals surface area contributed by atoms with Crippen molar-refractivity contribution in [1.29, 1.82) is 0 Å². The van der Waals surface area contributed by atoms with Crippen LogP contribution in [0.3, 0.4) is 0 Å². The van der Waals surface area contributed by atoms with Gasteiger partial charge in [0.15, 0.2) is 5.65 Å². The monoisotopic (exact) mass is 502 g/mol. The van der Waals surface area contributed by atoms with Gasteiger partial charge in [-0.1, -0.05) is 5.16 Å². The Morgan fingerprint density at radius 3 is 2.68 bits per heavy atom. The Bertz CT molecular complexity index is 1340. The van der Waals surface area contributed by atoms with Crippen molar-refractivity contribution >= 4 is 16.7 Å². The Morgan fingerprint density at radius 2 is 1.92 bits per heavy atom. The summed E-state index contributed by atoms with van der Waals surface area (Å²) in [6.07, 6.45) is 9.48. The zero-order valence-corrected chi connectivity index (χ0v) is 21.6. The molecule has 0 amide bonds. The number of anilines is 1. The Labute approximate surface area is 216 Å². The van der Waals surface area contributed by atoms with E-state index >= 15 is 0 Å². The van der Waals surface area contributed by atoms with E-state index in [9.17, 15) is 0 Å². The van der Waals surface area contributed by atoms with Crippen LogP contribution in [0, 0.1) is 6.92 Å². The summed E-state index contributed by atoms with van der Waals surface area (Å²) in [5.41, 5.74) is 5.36. The van der Waals surface area contributed by atoms with Crippen LogP contribution in [-0.4, -0.2) is 67.1 Å². The quantitative estimate of drug-likeness (QED) is 0.398. The summed E-state index contributed by atoms with van der Waals surface area (Å²) in [5, 5.41) is 13.8. The van der Waals surface area contributed by atoms with Crippen LogP contribution < -0.4 is 5.32 Å². The van der Waals surface area contributed by atoms with Crippen molar-refractivity contribution in [3.05, 3.63) is 47.9 Å². The number of hydrogen-bond donors (Lipinski definition) is 1. The first-order valence-corrected chi connectivity index (χ1v) is 13.3. The van der Waals surface area contributed by atoms with E-state index in [1.165, 1.54) is 11.3 Å². The number of fused-ring (bicyclic) bond motifs is 1. The van der Waals surface area contributed by atoms with Crippen LogP contribution in [0.4, 0.5) is 5.69 Å². The lowest BCUT2D eigenvalue weighted by Gasteiger charge is -2.32. The molecule has 2 aliphatic rings. The first-order chi connectivity index (χ1) is 18.2. The topological polar surface area (TPSA) is 107 Å². The molecule has 0 unspecified atom stereocenters. The van der Waals surface area contributed by atoms with Gasteiger partial charge in [-0.3, -0.25) is 9.88 Å². The third kappa shape index (κ3) is 4.95. The molecule has 0 bridgehead atoms. The van der Waals surface area contributed by atoms with Gasteiger partial charge < -0.3 is 14.6 Å². The summed E-state index contributed by atoms with van der Waals surface area (Å²) in [6.45, 7) is 9.45. The molecule has 194 valence electrons. The number of pyridine rings is 2. The lowest BCUT2D eigenvalue weighted by Crippen LogP contribution is -2.34. The third-order valence-corrected chi connectivity index (χ3v) is 7.64. The fourth-order valence-corrected chi connectivity index (χ4v) is 5.45. The van der Waals surface area contributed by atoms with E-state index in [0.29, 0.717) is 11.9 Å². The molecule has 6 rings (SSSR count). The van der Waals surface area contributed by atoms with Crippen LogP contribution in [0.5, 0.6) is 0 Å². The number of hydrogen-bond acceptors (Lipinski definition) is 9. The lowest BCUT2D eigenvalue weighted by atomic mass is 9.96. The molecule has 0 aromatic carbocycles. The Kier molecular flexibility index (Phi) is 6.84. The van der Waals surface area contributed by atoms with Gasteiger partial charge in [0.1, 0.15) is 0 Å². The minimum Gasteiger partial charge on any atom is -0.381 e. The van der Waals surface area contributed by atoms with Crippen molar-refractivity contribution in [3.8, 4) is 11.4 Å². The summed E-state index contributed by atoms with van der Waals surface area (Å²) >= 11 is 0. The number of nitrogens with zero attached hydrogens (tertiary/aromatic N) is 7. The first kappa shape index (κ1) is 24.0. The average Bonchev–Trinajstić information content (AvgIpc) is 3.60. The molecular weight excluding hydrogens is 468 g/mol. The number of piperidine rings is 1. The zero-order valence-electron chi connectivity index (χ0n) is 21.6. The molecule has 4 aromatic heterocycles. The van der Waals surface area contributed by atoms with Crippen LogP contribution in [0.1, 0.15) is 55.7 Å². The molecule has 2 fully saturated rings. The van der Waals surface area contributed by atoms with Crippen LogP contribution in [-0.2, 0) is 17.8 Å². The van der Waals surface area contributed by atoms with Gasteiger partial charge in [-0.25, -0.2) is 9.67 Å². The maximum absolute atomic E-state index is 5.65. The lowest BCUT2D eigenvalue weighted by molar-refractivity contribution is 0.0904. The largest absolute Gasteiger partial charge is 0.381 e. The molecule has 0 spiro atoms. The summed E-state index contributed by atoms with van der Waals surface area (Å²) in [5.74, 6) is 1.61. The van der Waals surface area contributed by atoms with Gasteiger partial charge in [0.2, 0.25) is 11.7 Å². The fraction of sp³-hybridized carbons (Fsp3) is 0.519. The fourth-order valence-electron chi connectivity index (χ4n) is 5.45. The minimum absolute atomic E-state index is 0.276.